The Kier molecular flexibility index (Phi) is 3.42. The summed E-state index contributed by atoms with van der Waals surface area (Å²) >= 11 is 5.58. The van der Waals surface area contributed by atoms with Gasteiger partial charge in [-0.25, -0.2) is 0 Å². The van der Waals surface area contributed by atoms with Crippen LogP contribution in [0.4, 0.5) is 13.2 Å². The summed E-state index contributed by atoms with van der Waals surface area (Å²) in [4.78, 5) is 0. The van der Waals surface area contributed by atoms with Crippen molar-refractivity contribution < 1.29 is 13.2 Å². The molecule has 0 aliphatic rings. The van der Waals surface area contributed by atoms with Gasteiger partial charge >= 0.3 is 6.18 Å². The van der Waals surface area contributed by atoms with Gasteiger partial charge in [0.05, 0.1) is 5.56 Å². The highest BCUT2D eigenvalue weighted by molar-refractivity contribution is 6.30. The molecule has 0 heterocycles. The molecule has 1 aromatic rings. The summed E-state index contributed by atoms with van der Waals surface area (Å²) in [5, 5.41) is 0.0226. The van der Waals surface area contributed by atoms with Crippen LogP contribution in [-0.2, 0) is 6.18 Å². The molecule has 1 nitrogen and oxygen atoms in total. The molecule has 15 heavy (non-hydrogen) atoms. The normalized spacial score (nSPS) is 11.5. The minimum atomic E-state index is -4.41. The van der Waals surface area contributed by atoms with Gasteiger partial charge in [-0.2, -0.15) is 13.2 Å². The van der Waals surface area contributed by atoms with Crippen molar-refractivity contribution in [3.05, 3.63) is 40.9 Å². The van der Waals surface area contributed by atoms with Crippen LogP contribution in [0.2, 0.25) is 5.02 Å². The van der Waals surface area contributed by atoms with E-state index in [-0.39, 0.29) is 11.6 Å². The summed E-state index contributed by atoms with van der Waals surface area (Å²) < 4.78 is 37.2. The number of rotatable bonds is 2. The fourth-order valence-corrected chi connectivity index (χ4v) is 1.31. The third kappa shape index (κ3) is 2.97. The van der Waals surface area contributed by atoms with E-state index in [0.717, 1.165) is 12.1 Å². The van der Waals surface area contributed by atoms with Crippen LogP contribution in [0.3, 0.4) is 0 Å². The molecule has 0 amide bonds. The van der Waals surface area contributed by atoms with E-state index in [1.54, 1.807) is 0 Å². The number of benzene rings is 1. The number of halogens is 4. The molecular formula is C10H9ClF3N. The zero-order valence-corrected chi connectivity index (χ0v) is 8.49. The summed E-state index contributed by atoms with van der Waals surface area (Å²) in [7, 11) is 0. The first-order chi connectivity index (χ1) is 6.84. The Balaban J connectivity index is 3.23. The lowest BCUT2D eigenvalue weighted by molar-refractivity contribution is -0.137. The third-order valence-electron chi connectivity index (χ3n) is 1.88. The van der Waals surface area contributed by atoms with Crippen LogP contribution in [0.5, 0.6) is 0 Å². The topological polar surface area (TPSA) is 26.0 Å². The van der Waals surface area contributed by atoms with E-state index in [1.807, 2.05) is 0 Å². The molecule has 0 bridgehead atoms. The van der Waals surface area contributed by atoms with Gasteiger partial charge in [0, 0.05) is 11.6 Å². The van der Waals surface area contributed by atoms with Gasteiger partial charge in [0.15, 0.2) is 0 Å². The van der Waals surface area contributed by atoms with Gasteiger partial charge in [0.25, 0.3) is 0 Å². The van der Waals surface area contributed by atoms with Crippen molar-refractivity contribution in [1.82, 2.24) is 0 Å². The van der Waals surface area contributed by atoms with Crippen molar-refractivity contribution in [3.63, 3.8) is 0 Å². The second-order valence-corrected chi connectivity index (χ2v) is 3.47. The van der Waals surface area contributed by atoms with Crippen molar-refractivity contribution in [1.29, 1.82) is 0 Å². The maximum absolute atomic E-state index is 12.4. The SMILES string of the molecule is C=C(CN)c1cc(Cl)cc(C(F)(F)F)c1. The molecule has 2 N–H and O–H groups in total. The van der Waals surface area contributed by atoms with E-state index >= 15 is 0 Å². The molecule has 0 aliphatic carbocycles. The lowest BCUT2D eigenvalue weighted by Gasteiger charge is -2.10. The van der Waals surface area contributed by atoms with Crippen LogP contribution in [0.1, 0.15) is 11.1 Å². The molecule has 82 valence electrons. The average molecular weight is 236 g/mol. The number of alkyl halides is 3. The molecule has 1 rings (SSSR count). The van der Waals surface area contributed by atoms with Crippen LogP contribution in [0, 0.1) is 0 Å². The molecule has 0 saturated carbocycles. The van der Waals surface area contributed by atoms with Gasteiger partial charge < -0.3 is 5.73 Å². The minimum Gasteiger partial charge on any atom is -0.326 e. The average Bonchev–Trinajstić information content (AvgIpc) is 2.14. The highest BCUT2D eigenvalue weighted by Crippen LogP contribution is 2.33. The first-order valence-corrected chi connectivity index (χ1v) is 4.48. The van der Waals surface area contributed by atoms with Gasteiger partial charge in [-0.3, -0.25) is 0 Å². The molecule has 0 saturated heterocycles. The standard InChI is InChI=1S/C10H9ClF3N/c1-6(5-15)7-2-8(10(12,13)14)4-9(11)3-7/h2-4H,1,5,15H2. The molecule has 0 atom stereocenters. The van der Waals surface area contributed by atoms with E-state index in [9.17, 15) is 13.2 Å². The first-order valence-electron chi connectivity index (χ1n) is 4.10. The van der Waals surface area contributed by atoms with Gasteiger partial charge in [-0.05, 0) is 29.3 Å². The maximum Gasteiger partial charge on any atom is 0.416 e. The van der Waals surface area contributed by atoms with E-state index in [4.69, 9.17) is 17.3 Å². The smallest absolute Gasteiger partial charge is 0.326 e. The highest BCUT2D eigenvalue weighted by atomic mass is 35.5. The Morgan fingerprint density at radius 2 is 1.93 bits per heavy atom. The van der Waals surface area contributed by atoms with Crippen molar-refractivity contribution in [2.45, 2.75) is 6.18 Å². The number of hydrogen-bond acceptors (Lipinski definition) is 1. The molecule has 0 aromatic heterocycles. The third-order valence-corrected chi connectivity index (χ3v) is 2.10. The Bertz CT molecular complexity index is 385. The fraction of sp³-hybridized carbons (Fsp3) is 0.200. The Morgan fingerprint density at radius 1 is 1.33 bits per heavy atom. The lowest BCUT2D eigenvalue weighted by Crippen LogP contribution is -2.07. The predicted octanol–water partition coefficient (Wildman–Crippen LogP) is 3.33. The van der Waals surface area contributed by atoms with Crippen LogP contribution in [-0.4, -0.2) is 6.54 Å². The van der Waals surface area contributed by atoms with Crippen molar-refractivity contribution in [2.24, 2.45) is 5.73 Å². The van der Waals surface area contributed by atoms with E-state index in [0.29, 0.717) is 11.1 Å². The largest absolute Gasteiger partial charge is 0.416 e. The summed E-state index contributed by atoms with van der Waals surface area (Å²) in [5.41, 5.74) is 5.23. The lowest BCUT2D eigenvalue weighted by atomic mass is 10.0. The van der Waals surface area contributed by atoms with Gasteiger partial charge in [0.2, 0.25) is 0 Å². The maximum atomic E-state index is 12.4. The summed E-state index contributed by atoms with van der Waals surface area (Å²) in [6.07, 6.45) is -4.41. The molecule has 5 heteroatoms. The Morgan fingerprint density at radius 3 is 2.40 bits per heavy atom. The van der Waals surface area contributed by atoms with Gasteiger partial charge in [-0.15, -0.1) is 0 Å². The van der Waals surface area contributed by atoms with Crippen molar-refractivity contribution in [3.8, 4) is 0 Å². The minimum absolute atomic E-state index is 0.0226. The quantitative estimate of drug-likeness (QED) is 0.836. The van der Waals surface area contributed by atoms with Crippen LogP contribution >= 0.6 is 11.6 Å². The van der Waals surface area contributed by atoms with E-state index < -0.39 is 11.7 Å². The molecule has 0 radical (unpaired) electrons. The molecule has 0 fully saturated rings. The summed E-state index contributed by atoms with van der Waals surface area (Å²) in [6, 6.07) is 3.27. The first kappa shape index (κ1) is 12.1. The van der Waals surface area contributed by atoms with Crippen molar-refractivity contribution in [2.75, 3.05) is 6.54 Å². The molecule has 0 aliphatic heterocycles. The zero-order valence-electron chi connectivity index (χ0n) is 7.74. The van der Waals surface area contributed by atoms with Gasteiger partial charge in [0.1, 0.15) is 0 Å². The Hall–Kier alpha value is -1.00. The number of nitrogens with two attached hydrogens (primary N) is 1. The molecular weight excluding hydrogens is 227 g/mol. The van der Waals surface area contributed by atoms with Crippen LogP contribution in [0.15, 0.2) is 24.8 Å². The molecule has 0 unspecified atom stereocenters. The second kappa shape index (κ2) is 4.24. The zero-order chi connectivity index (χ0) is 11.6. The van der Waals surface area contributed by atoms with E-state index in [1.165, 1.54) is 6.07 Å². The second-order valence-electron chi connectivity index (χ2n) is 3.03. The van der Waals surface area contributed by atoms with Crippen LogP contribution < -0.4 is 5.73 Å². The van der Waals surface area contributed by atoms with Gasteiger partial charge in [-0.1, -0.05) is 18.2 Å². The fourth-order valence-electron chi connectivity index (χ4n) is 1.08. The molecule has 0 spiro atoms. The monoisotopic (exact) mass is 235 g/mol. The predicted molar refractivity (Wildman–Crippen MR) is 54.5 cm³/mol. The van der Waals surface area contributed by atoms with Crippen LogP contribution in [0.25, 0.3) is 5.57 Å². The van der Waals surface area contributed by atoms with Crippen molar-refractivity contribution >= 4 is 17.2 Å². The summed E-state index contributed by atoms with van der Waals surface area (Å²) in [6.45, 7) is 3.65. The molecule has 1 aromatic carbocycles. The Labute approximate surface area is 90.3 Å². The highest BCUT2D eigenvalue weighted by Gasteiger charge is 2.31. The van der Waals surface area contributed by atoms with E-state index in [2.05, 4.69) is 6.58 Å². The number of hydrogen-bond donors (Lipinski definition) is 1. The summed E-state index contributed by atoms with van der Waals surface area (Å²) in [5.74, 6) is 0.